The van der Waals surface area contributed by atoms with E-state index in [1.807, 2.05) is 44.2 Å². The van der Waals surface area contributed by atoms with Gasteiger partial charge in [0, 0.05) is 13.1 Å². The van der Waals surface area contributed by atoms with Gasteiger partial charge in [-0.25, -0.2) is 0 Å². The minimum Gasteiger partial charge on any atom is -0.389 e. The molecule has 21 heavy (non-hydrogen) atoms. The molecule has 1 aromatic rings. The van der Waals surface area contributed by atoms with E-state index in [0.29, 0.717) is 19.7 Å². The van der Waals surface area contributed by atoms with Crippen molar-refractivity contribution in [1.29, 1.82) is 0 Å². The number of nitrogens with zero attached hydrogens (tertiary/aromatic N) is 1. The molecule has 3 rings (SSSR count). The Bertz CT molecular complexity index is 478. The number of hydrogen-bond acceptors (Lipinski definition) is 5. The van der Waals surface area contributed by atoms with Crippen molar-refractivity contribution in [3.05, 3.63) is 35.9 Å². The van der Waals surface area contributed by atoms with Crippen molar-refractivity contribution in [3.8, 4) is 0 Å². The molecule has 0 bridgehead atoms. The number of benzene rings is 1. The van der Waals surface area contributed by atoms with Gasteiger partial charge in [0.05, 0.1) is 24.9 Å². The minimum absolute atomic E-state index is 0.226. The van der Waals surface area contributed by atoms with Crippen molar-refractivity contribution in [2.75, 3.05) is 13.2 Å². The third-order valence-corrected chi connectivity index (χ3v) is 4.23. The first kappa shape index (κ1) is 14.9. The number of aliphatic hydroxyl groups is 2. The highest BCUT2D eigenvalue weighted by Crippen LogP contribution is 2.32. The van der Waals surface area contributed by atoms with Crippen molar-refractivity contribution in [1.82, 2.24) is 4.90 Å². The first-order valence-corrected chi connectivity index (χ1v) is 7.42. The maximum atomic E-state index is 10.3. The smallest absolute Gasteiger partial charge is 0.163 e. The van der Waals surface area contributed by atoms with Crippen molar-refractivity contribution in [2.24, 2.45) is 0 Å². The molecule has 0 saturated carbocycles. The summed E-state index contributed by atoms with van der Waals surface area (Å²) < 4.78 is 11.5. The monoisotopic (exact) mass is 293 g/mol. The second kappa shape index (κ2) is 5.66. The van der Waals surface area contributed by atoms with Gasteiger partial charge in [-0.15, -0.1) is 0 Å². The Kier molecular flexibility index (Phi) is 4.03. The second-order valence-corrected chi connectivity index (χ2v) is 6.33. The van der Waals surface area contributed by atoms with Crippen LogP contribution in [-0.2, 0) is 16.0 Å². The highest BCUT2D eigenvalue weighted by molar-refractivity contribution is 5.15. The van der Waals surface area contributed by atoms with Gasteiger partial charge in [0.2, 0.25) is 0 Å². The lowest BCUT2D eigenvalue weighted by Gasteiger charge is -2.30. The Morgan fingerprint density at radius 2 is 1.95 bits per heavy atom. The van der Waals surface area contributed by atoms with Crippen LogP contribution in [-0.4, -0.2) is 58.4 Å². The fraction of sp³-hybridized carbons (Fsp3) is 0.625. The highest BCUT2D eigenvalue weighted by Gasteiger charge is 2.48. The van der Waals surface area contributed by atoms with E-state index >= 15 is 0 Å². The fourth-order valence-corrected chi connectivity index (χ4v) is 3.24. The quantitative estimate of drug-likeness (QED) is 0.861. The lowest BCUT2D eigenvalue weighted by Crippen LogP contribution is -2.46. The lowest BCUT2D eigenvalue weighted by atomic mass is 10.0. The number of hydrogen-bond donors (Lipinski definition) is 2. The zero-order chi connectivity index (χ0) is 15.0. The van der Waals surface area contributed by atoms with Crippen LogP contribution in [0.2, 0.25) is 0 Å². The molecule has 0 radical (unpaired) electrons. The van der Waals surface area contributed by atoms with E-state index in [1.54, 1.807) is 0 Å². The predicted molar refractivity (Wildman–Crippen MR) is 77.6 cm³/mol. The molecule has 2 saturated heterocycles. The third-order valence-electron chi connectivity index (χ3n) is 4.23. The van der Waals surface area contributed by atoms with Crippen molar-refractivity contribution in [2.45, 2.75) is 50.5 Å². The molecule has 2 fully saturated rings. The average Bonchev–Trinajstić information content (AvgIpc) is 2.92. The summed E-state index contributed by atoms with van der Waals surface area (Å²) in [7, 11) is 0. The van der Waals surface area contributed by atoms with Gasteiger partial charge in [-0.2, -0.15) is 0 Å². The number of rotatable bonds is 3. The van der Waals surface area contributed by atoms with E-state index < -0.39 is 18.0 Å². The standard InChI is InChI=1S/C16H23NO4/c1-16(2)20-10-13(21-16)14-15(19)12(18)9-17(14)8-11-6-4-3-5-7-11/h3-7,12-15,18-19H,8-10H2,1-2H3/t12-,13?,14-,15-/m1/s1. The van der Waals surface area contributed by atoms with Crippen LogP contribution >= 0.6 is 0 Å². The van der Waals surface area contributed by atoms with E-state index in [1.165, 1.54) is 0 Å². The van der Waals surface area contributed by atoms with Crippen LogP contribution in [0.3, 0.4) is 0 Å². The van der Waals surface area contributed by atoms with Gasteiger partial charge in [0.15, 0.2) is 5.79 Å². The van der Waals surface area contributed by atoms with Crippen LogP contribution in [0.15, 0.2) is 30.3 Å². The molecule has 2 heterocycles. The fourth-order valence-electron chi connectivity index (χ4n) is 3.24. The first-order valence-electron chi connectivity index (χ1n) is 7.42. The van der Waals surface area contributed by atoms with E-state index in [4.69, 9.17) is 9.47 Å². The molecule has 5 nitrogen and oxygen atoms in total. The Labute approximate surface area is 125 Å². The van der Waals surface area contributed by atoms with Gasteiger partial charge in [0.25, 0.3) is 0 Å². The maximum absolute atomic E-state index is 10.3. The Morgan fingerprint density at radius 1 is 1.24 bits per heavy atom. The average molecular weight is 293 g/mol. The highest BCUT2D eigenvalue weighted by atomic mass is 16.7. The van der Waals surface area contributed by atoms with Gasteiger partial charge in [-0.1, -0.05) is 30.3 Å². The van der Waals surface area contributed by atoms with Gasteiger partial charge in [-0.3, -0.25) is 4.90 Å². The molecule has 0 amide bonds. The molecule has 0 aromatic heterocycles. The molecule has 0 aliphatic carbocycles. The van der Waals surface area contributed by atoms with Crippen molar-refractivity contribution < 1.29 is 19.7 Å². The summed E-state index contributed by atoms with van der Waals surface area (Å²) in [6.07, 6.45) is -1.78. The predicted octanol–water partition coefficient (Wildman–Crippen LogP) is 0.744. The van der Waals surface area contributed by atoms with E-state index in [0.717, 1.165) is 5.56 Å². The second-order valence-electron chi connectivity index (χ2n) is 6.33. The zero-order valence-electron chi connectivity index (χ0n) is 12.5. The van der Waals surface area contributed by atoms with Crippen LogP contribution in [0.5, 0.6) is 0 Å². The van der Waals surface area contributed by atoms with Crippen LogP contribution in [0.25, 0.3) is 0 Å². The molecular formula is C16H23NO4. The van der Waals surface area contributed by atoms with Gasteiger partial charge in [-0.05, 0) is 19.4 Å². The molecule has 2 aliphatic rings. The minimum atomic E-state index is -0.809. The summed E-state index contributed by atoms with van der Waals surface area (Å²) >= 11 is 0. The van der Waals surface area contributed by atoms with Gasteiger partial charge < -0.3 is 19.7 Å². The topological polar surface area (TPSA) is 62.2 Å². The molecule has 116 valence electrons. The van der Waals surface area contributed by atoms with Crippen LogP contribution in [0.4, 0.5) is 0 Å². The zero-order valence-corrected chi connectivity index (χ0v) is 12.5. The molecule has 5 heteroatoms. The molecule has 1 aromatic carbocycles. The molecule has 0 spiro atoms. The summed E-state index contributed by atoms with van der Waals surface area (Å²) in [5, 5.41) is 20.3. The number of β-amino-alcohol motifs (C(OH)–C–C–N with tert-alkyl or cyclic N) is 1. The largest absolute Gasteiger partial charge is 0.389 e. The molecular weight excluding hydrogens is 270 g/mol. The van der Waals surface area contributed by atoms with Gasteiger partial charge in [0.1, 0.15) is 6.10 Å². The summed E-state index contributed by atoms with van der Waals surface area (Å²) in [5.41, 5.74) is 1.15. The summed E-state index contributed by atoms with van der Waals surface area (Å²) in [6, 6.07) is 9.80. The maximum Gasteiger partial charge on any atom is 0.163 e. The molecule has 2 N–H and O–H groups in total. The van der Waals surface area contributed by atoms with E-state index in [-0.39, 0.29) is 12.1 Å². The summed E-state index contributed by atoms with van der Waals surface area (Å²) in [6.45, 7) is 5.30. The molecule has 2 aliphatic heterocycles. The van der Waals surface area contributed by atoms with Crippen LogP contribution < -0.4 is 0 Å². The molecule has 1 unspecified atom stereocenters. The molecule has 4 atom stereocenters. The summed E-state index contributed by atoms with van der Waals surface area (Å²) in [4.78, 5) is 2.08. The lowest BCUT2D eigenvalue weighted by molar-refractivity contribution is -0.150. The third kappa shape index (κ3) is 3.12. The van der Waals surface area contributed by atoms with E-state index in [9.17, 15) is 10.2 Å². The SMILES string of the molecule is CC1(C)OCC([C@@H]2[C@H](O)[C@H](O)CN2Cc2ccccc2)O1. The van der Waals surface area contributed by atoms with Gasteiger partial charge >= 0.3 is 0 Å². The van der Waals surface area contributed by atoms with Crippen molar-refractivity contribution in [3.63, 3.8) is 0 Å². The number of aliphatic hydroxyl groups excluding tert-OH is 2. The Morgan fingerprint density at radius 3 is 2.57 bits per heavy atom. The van der Waals surface area contributed by atoms with Crippen LogP contribution in [0, 0.1) is 0 Å². The van der Waals surface area contributed by atoms with Crippen LogP contribution in [0.1, 0.15) is 19.4 Å². The summed E-state index contributed by atoms with van der Waals surface area (Å²) in [5.74, 6) is -0.629. The van der Waals surface area contributed by atoms with E-state index in [2.05, 4.69) is 4.90 Å². The normalized spacial score (nSPS) is 36.2. The van der Waals surface area contributed by atoms with Crippen molar-refractivity contribution >= 4 is 0 Å². The Hall–Kier alpha value is -0.980. The first-order chi connectivity index (χ1) is 9.96. The number of ether oxygens (including phenoxy) is 2. The Balaban J connectivity index is 1.75. The number of likely N-dealkylation sites (tertiary alicyclic amines) is 1.